The Morgan fingerprint density at radius 1 is 1.45 bits per heavy atom. The number of nitro groups is 1. The lowest BCUT2D eigenvalue weighted by atomic mass is 10.3. The molecule has 116 valence electrons. The lowest BCUT2D eigenvalue weighted by Gasteiger charge is -2.08. The summed E-state index contributed by atoms with van der Waals surface area (Å²) in [5.41, 5.74) is -0.569. The molecule has 2 aromatic heterocycles. The summed E-state index contributed by atoms with van der Waals surface area (Å²) in [7, 11) is 0. The first kappa shape index (κ1) is 15.8. The summed E-state index contributed by atoms with van der Waals surface area (Å²) in [6.45, 7) is 3.01. The number of aromatic nitrogens is 3. The fourth-order valence-electron chi connectivity index (χ4n) is 1.80. The Morgan fingerprint density at radius 2 is 2.18 bits per heavy atom. The monoisotopic (exact) mass is 323 g/mol. The SMILES string of the molecule is CCc1nnc(NC(=O)Cn2c(C)c([N+](=O)[O-])ccc2=O)s1. The molecule has 0 unspecified atom stereocenters. The molecule has 0 saturated heterocycles. The number of amides is 1. The molecular formula is C12H13N5O4S. The molecule has 0 radical (unpaired) electrons. The predicted octanol–water partition coefficient (Wildman–Crippen LogP) is 1.12. The van der Waals surface area contributed by atoms with E-state index < -0.39 is 16.4 Å². The van der Waals surface area contributed by atoms with Gasteiger partial charge >= 0.3 is 0 Å². The number of anilines is 1. The van der Waals surface area contributed by atoms with E-state index in [2.05, 4.69) is 15.5 Å². The molecule has 0 aromatic carbocycles. The fourth-order valence-corrected chi connectivity index (χ4v) is 2.50. The predicted molar refractivity (Wildman–Crippen MR) is 80.0 cm³/mol. The van der Waals surface area contributed by atoms with Crippen molar-refractivity contribution in [3.8, 4) is 0 Å². The van der Waals surface area contributed by atoms with Crippen molar-refractivity contribution < 1.29 is 9.72 Å². The van der Waals surface area contributed by atoms with E-state index in [1.807, 2.05) is 6.92 Å². The molecule has 0 aliphatic heterocycles. The standard InChI is InChI=1S/C12H13N5O4S/c1-3-10-14-15-12(22-10)13-9(18)6-16-7(2)8(17(20)21)4-5-11(16)19/h4-5H,3,6H2,1-2H3,(H,13,15,18). The third-order valence-electron chi connectivity index (χ3n) is 2.94. The molecule has 0 atom stereocenters. The summed E-state index contributed by atoms with van der Waals surface area (Å²) >= 11 is 1.24. The van der Waals surface area contributed by atoms with Gasteiger partial charge in [-0.15, -0.1) is 10.2 Å². The summed E-state index contributed by atoms with van der Waals surface area (Å²) in [6, 6.07) is 2.20. The van der Waals surface area contributed by atoms with Gasteiger partial charge in [0.15, 0.2) is 0 Å². The van der Waals surface area contributed by atoms with Gasteiger partial charge in [0.05, 0.1) is 10.6 Å². The number of hydrogen-bond donors (Lipinski definition) is 1. The lowest BCUT2D eigenvalue weighted by Crippen LogP contribution is -2.29. The van der Waals surface area contributed by atoms with Crippen molar-refractivity contribution in [3.05, 3.63) is 43.3 Å². The summed E-state index contributed by atoms with van der Waals surface area (Å²) in [5.74, 6) is -0.496. The van der Waals surface area contributed by atoms with Gasteiger partial charge in [-0.25, -0.2) is 0 Å². The number of nitrogens with one attached hydrogen (secondary N) is 1. The van der Waals surface area contributed by atoms with Crippen LogP contribution in [0.15, 0.2) is 16.9 Å². The minimum Gasteiger partial charge on any atom is -0.299 e. The highest BCUT2D eigenvalue weighted by Crippen LogP contribution is 2.16. The number of rotatable bonds is 5. The van der Waals surface area contributed by atoms with E-state index in [9.17, 15) is 19.7 Å². The minimum absolute atomic E-state index is 0.124. The van der Waals surface area contributed by atoms with Gasteiger partial charge in [-0.2, -0.15) is 0 Å². The smallest absolute Gasteiger partial charge is 0.288 e. The topological polar surface area (TPSA) is 120 Å². The molecule has 2 aromatic rings. The molecule has 2 heterocycles. The van der Waals surface area contributed by atoms with Crippen molar-refractivity contribution in [3.63, 3.8) is 0 Å². The summed E-state index contributed by atoms with van der Waals surface area (Å²) in [4.78, 5) is 34.0. The normalized spacial score (nSPS) is 10.5. The fraction of sp³-hybridized carbons (Fsp3) is 0.333. The molecule has 0 spiro atoms. The van der Waals surface area contributed by atoms with Crippen molar-refractivity contribution >= 4 is 28.1 Å². The maximum atomic E-state index is 12.0. The average Bonchev–Trinajstić information content (AvgIpc) is 2.90. The summed E-state index contributed by atoms with van der Waals surface area (Å²) in [5, 5.41) is 22.2. The zero-order valence-electron chi connectivity index (χ0n) is 11.9. The van der Waals surface area contributed by atoms with Crippen molar-refractivity contribution in [2.75, 3.05) is 5.32 Å². The Kier molecular flexibility index (Phi) is 4.61. The first-order valence-corrected chi connectivity index (χ1v) is 7.21. The molecule has 1 amide bonds. The maximum Gasteiger partial charge on any atom is 0.288 e. The van der Waals surface area contributed by atoms with Crippen molar-refractivity contribution in [1.29, 1.82) is 0 Å². The third-order valence-corrected chi connectivity index (χ3v) is 3.92. The lowest BCUT2D eigenvalue weighted by molar-refractivity contribution is -0.386. The van der Waals surface area contributed by atoms with Crippen LogP contribution in [0.25, 0.3) is 0 Å². The van der Waals surface area contributed by atoms with Crippen LogP contribution in [0.1, 0.15) is 17.6 Å². The van der Waals surface area contributed by atoms with Crippen LogP contribution in [0.5, 0.6) is 0 Å². The number of pyridine rings is 1. The number of carbonyl (C=O) groups excluding carboxylic acids is 1. The van der Waals surface area contributed by atoms with Crippen molar-refractivity contribution in [2.24, 2.45) is 0 Å². The second kappa shape index (κ2) is 6.43. The van der Waals surface area contributed by atoms with Crippen molar-refractivity contribution in [2.45, 2.75) is 26.8 Å². The van der Waals surface area contributed by atoms with Crippen LogP contribution < -0.4 is 10.9 Å². The van der Waals surface area contributed by atoms with Crippen molar-refractivity contribution in [1.82, 2.24) is 14.8 Å². The number of hydrogen-bond acceptors (Lipinski definition) is 7. The van der Waals surface area contributed by atoms with Gasteiger partial charge in [0.25, 0.3) is 11.2 Å². The maximum absolute atomic E-state index is 12.0. The second-order valence-electron chi connectivity index (χ2n) is 4.39. The molecule has 1 N–H and O–H groups in total. The zero-order chi connectivity index (χ0) is 16.3. The molecule has 0 aliphatic carbocycles. The van der Waals surface area contributed by atoms with Crippen LogP contribution in [-0.2, 0) is 17.8 Å². The molecule has 0 fully saturated rings. The summed E-state index contributed by atoms with van der Waals surface area (Å²) in [6.07, 6.45) is 0.705. The van der Waals surface area contributed by atoms with Gasteiger partial charge in [-0.3, -0.25) is 29.6 Å². The van der Waals surface area contributed by atoms with Gasteiger partial charge in [0.1, 0.15) is 11.6 Å². The van der Waals surface area contributed by atoms with E-state index in [0.29, 0.717) is 11.6 Å². The number of nitrogens with zero attached hydrogens (tertiary/aromatic N) is 4. The van der Waals surface area contributed by atoms with Gasteiger partial charge < -0.3 is 0 Å². The Labute approximate surface area is 128 Å². The highest BCUT2D eigenvalue weighted by atomic mass is 32.1. The van der Waals surface area contributed by atoms with Crippen LogP contribution >= 0.6 is 11.3 Å². The van der Waals surface area contributed by atoms with Crippen LogP contribution in [0, 0.1) is 17.0 Å². The quantitative estimate of drug-likeness (QED) is 0.650. The molecule has 22 heavy (non-hydrogen) atoms. The number of aryl methyl sites for hydroxylation is 1. The van der Waals surface area contributed by atoms with Gasteiger partial charge in [0, 0.05) is 12.1 Å². The van der Waals surface area contributed by atoms with E-state index in [1.165, 1.54) is 18.3 Å². The molecule has 9 nitrogen and oxygen atoms in total. The Bertz CT molecular complexity index is 782. The van der Waals surface area contributed by atoms with E-state index >= 15 is 0 Å². The first-order chi connectivity index (χ1) is 10.4. The van der Waals surface area contributed by atoms with Crippen LogP contribution in [0.4, 0.5) is 10.8 Å². The van der Waals surface area contributed by atoms with E-state index in [1.54, 1.807) is 0 Å². The highest BCUT2D eigenvalue weighted by molar-refractivity contribution is 7.15. The first-order valence-electron chi connectivity index (χ1n) is 6.39. The largest absolute Gasteiger partial charge is 0.299 e. The van der Waals surface area contributed by atoms with E-state index in [4.69, 9.17) is 0 Å². The zero-order valence-corrected chi connectivity index (χ0v) is 12.7. The Morgan fingerprint density at radius 3 is 2.77 bits per heavy atom. The van der Waals surface area contributed by atoms with Crippen LogP contribution in [0.2, 0.25) is 0 Å². The van der Waals surface area contributed by atoms with E-state index in [0.717, 1.165) is 21.7 Å². The average molecular weight is 323 g/mol. The number of carbonyl (C=O) groups is 1. The molecule has 10 heteroatoms. The molecular weight excluding hydrogens is 310 g/mol. The van der Waals surface area contributed by atoms with Gasteiger partial charge in [-0.05, 0) is 13.3 Å². The van der Waals surface area contributed by atoms with E-state index in [-0.39, 0.29) is 17.9 Å². The molecule has 0 aliphatic rings. The molecule has 2 rings (SSSR count). The third kappa shape index (κ3) is 3.34. The summed E-state index contributed by atoms with van der Waals surface area (Å²) < 4.78 is 1.05. The molecule has 0 saturated carbocycles. The van der Waals surface area contributed by atoms with Crippen LogP contribution in [0.3, 0.4) is 0 Å². The Balaban J connectivity index is 2.19. The highest BCUT2D eigenvalue weighted by Gasteiger charge is 2.17. The second-order valence-corrected chi connectivity index (χ2v) is 5.45. The minimum atomic E-state index is -0.596. The molecule has 0 bridgehead atoms. The van der Waals surface area contributed by atoms with Gasteiger partial charge in [-0.1, -0.05) is 18.3 Å². The van der Waals surface area contributed by atoms with Crippen LogP contribution in [-0.4, -0.2) is 25.6 Å². The Hall–Kier alpha value is -2.62. The van der Waals surface area contributed by atoms with Gasteiger partial charge in [0.2, 0.25) is 11.0 Å².